The molecule has 2 saturated carbocycles. The quantitative estimate of drug-likeness (QED) is 0.205. The minimum atomic E-state index is -3.79. The summed E-state index contributed by atoms with van der Waals surface area (Å²) in [5.74, 6) is -0.504. The number of fused-ring (bicyclic) bond motifs is 2. The summed E-state index contributed by atoms with van der Waals surface area (Å²) in [6, 6.07) is 4.87. The van der Waals surface area contributed by atoms with Crippen molar-refractivity contribution in [1.82, 2.24) is 19.6 Å². The molecule has 1 unspecified atom stereocenters. The van der Waals surface area contributed by atoms with Gasteiger partial charge in [-0.1, -0.05) is 39.8 Å². The lowest BCUT2D eigenvalue weighted by molar-refractivity contribution is -0.149. The number of aromatic nitrogens is 2. The van der Waals surface area contributed by atoms with Crippen molar-refractivity contribution in [3.8, 4) is 16.5 Å². The molecular weight excluding hydrogens is 685 g/mol. The molecule has 10 nitrogen and oxygen atoms in total. The number of rotatable bonds is 12. The third kappa shape index (κ3) is 6.40. The third-order valence-electron chi connectivity index (χ3n) is 11.7. The Morgan fingerprint density at radius 1 is 1.14 bits per heavy atom. The van der Waals surface area contributed by atoms with E-state index in [2.05, 4.69) is 43.5 Å². The zero-order valence-electron chi connectivity index (χ0n) is 30.3. The summed E-state index contributed by atoms with van der Waals surface area (Å²) in [7, 11) is -3.79. The Kier molecular flexibility index (Phi) is 9.18. The van der Waals surface area contributed by atoms with E-state index in [0.29, 0.717) is 43.5 Å². The number of ketones is 1. The van der Waals surface area contributed by atoms with Crippen LogP contribution in [0.4, 0.5) is 0 Å². The second-order valence-electron chi connectivity index (χ2n) is 15.8. The largest absolute Gasteiger partial charge is 0.487 e. The van der Waals surface area contributed by atoms with Gasteiger partial charge >= 0.3 is 0 Å². The molecule has 7 rings (SSSR count). The number of hydrogen-bond acceptors (Lipinski definition) is 9. The Morgan fingerprint density at radius 3 is 2.51 bits per heavy atom. The Hall–Kier alpha value is -3.64. The van der Waals surface area contributed by atoms with Crippen molar-refractivity contribution in [2.24, 2.45) is 23.2 Å². The van der Waals surface area contributed by atoms with Crippen molar-refractivity contribution in [2.45, 2.75) is 116 Å². The topological polar surface area (TPSA) is 136 Å². The van der Waals surface area contributed by atoms with Gasteiger partial charge in [-0.05, 0) is 80.9 Å². The second kappa shape index (κ2) is 13.1. The van der Waals surface area contributed by atoms with E-state index in [0.717, 1.165) is 32.7 Å². The number of hydrogen-bond donors (Lipinski definition) is 1. The summed E-state index contributed by atoms with van der Waals surface area (Å²) in [5.41, 5.74) is 3.49. The van der Waals surface area contributed by atoms with Crippen LogP contribution in [0.25, 0.3) is 21.6 Å². The minimum absolute atomic E-state index is 0.0627. The first-order valence-electron chi connectivity index (χ1n) is 18.2. The van der Waals surface area contributed by atoms with Gasteiger partial charge in [0, 0.05) is 35.6 Å². The molecule has 2 aromatic heterocycles. The fourth-order valence-corrected chi connectivity index (χ4v) is 10.4. The fourth-order valence-electron chi connectivity index (χ4n) is 8.09. The lowest BCUT2D eigenvalue weighted by atomic mass is 9.84. The molecule has 4 fully saturated rings. The molecule has 4 heterocycles. The number of sulfonamides is 1. The van der Waals surface area contributed by atoms with E-state index in [1.54, 1.807) is 22.3 Å². The monoisotopic (exact) mass is 732 g/mol. The molecule has 2 saturated heterocycles. The molecule has 0 bridgehead atoms. The zero-order valence-corrected chi connectivity index (χ0v) is 31.9. The number of piperidine rings is 1. The van der Waals surface area contributed by atoms with E-state index in [9.17, 15) is 22.8 Å². The fraction of sp³-hybridized carbons (Fsp3) is 0.564. The lowest BCUT2D eigenvalue weighted by Gasteiger charge is -2.40. The number of carbonyl (C=O) groups is 3. The molecule has 2 aliphatic heterocycles. The number of aryl methyl sites for hydroxylation is 2. The maximum absolute atomic E-state index is 14.4. The highest BCUT2D eigenvalue weighted by atomic mass is 32.2. The molecule has 1 aromatic carbocycles. The van der Waals surface area contributed by atoms with Crippen LogP contribution in [0.1, 0.15) is 95.4 Å². The van der Waals surface area contributed by atoms with Crippen molar-refractivity contribution in [3.63, 3.8) is 0 Å². The molecule has 2 aliphatic carbocycles. The standard InChI is InChI=1S/C39H48N4O6S2/c1-8-24-17-39(24,38(46)42-51(47,48)25-10-11-25)18-32(44)31-16-34(30-14-13-26(20(2)3)37(45)43(30)31)49-33-15-28(36-41-29(19-50-36)21(4)5)40-35-23(7)22(6)9-12-27(33)35/h8-9,12,15,19-21,24-26,30-31,34H,1,10-11,13-14,16-18H2,2-7H3,(H,42,46)/t24-,26-,30-,31+,34-,39?/m1/s1. The van der Waals surface area contributed by atoms with Crippen molar-refractivity contribution < 1.29 is 27.5 Å². The van der Waals surface area contributed by atoms with Gasteiger partial charge in [0.2, 0.25) is 21.8 Å². The molecule has 2 amide bonds. The average molecular weight is 733 g/mol. The average Bonchev–Trinajstić information content (AvgIpc) is 3.97. The van der Waals surface area contributed by atoms with Crippen molar-refractivity contribution in [1.29, 1.82) is 0 Å². The van der Waals surface area contributed by atoms with E-state index in [-0.39, 0.29) is 54.2 Å². The van der Waals surface area contributed by atoms with Crippen LogP contribution in [-0.4, -0.2) is 64.3 Å². The highest BCUT2D eigenvalue weighted by Crippen LogP contribution is 2.57. The molecule has 6 atom stereocenters. The van der Waals surface area contributed by atoms with Gasteiger partial charge in [-0.2, -0.15) is 0 Å². The molecule has 0 radical (unpaired) electrons. The third-order valence-corrected chi connectivity index (χ3v) is 14.4. The number of nitrogens with one attached hydrogen (secondary N) is 1. The number of pyridine rings is 1. The van der Waals surface area contributed by atoms with Crippen LogP contribution in [0.2, 0.25) is 0 Å². The van der Waals surface area contributed by atoms with Crippen LogP contribution in [0.3, 0.4) is 0 Å². The van der Waals surface area contributed by atoms with Gasteiger partial charge in [0.1, 0.15) is 22.6 Å². The molecule has 4 aliphatic rings. The first kappa shape index (κ1) is 35.7. The summed E-state index contributed by atoms with van der Waals surface area (Å²) < 4.78 is 34.7. The minimum Gasteiger partial charge on any atom is -0.487 e. The Bertz CT molecular complexity index is 2040. The number of amides is 2. The van der Waals surface area contributed by atoms with Gasteiger partial charge in [0.25, 0.3) is 0 Å². The number of nitrogens with zero attached hydrogens (tertiary/aromatic N) is 3. The summed E-state index contributed by atoms with van der Waals surface area (Å²) in [5, 5.41) is 3.15. The van der Waals surface area contributed by atoms with Crippen LogP contribution >= 0.6 is 11.3 Å². The van der Waals surface area contributed by atoms with E-state index in [4.69, 9.17) is 14.7 Å². The van der Waals surface area contributed by atoms with Crippen molar-refractivity contribution in [2.75, 3.05) is 0 Å². The molecule has 1 N–H and O–H groups in total. The van der Waals surface area contributed by atoms with Crippen LogP contribution in [0.15, 0.2) is 36.2 Å². The van der Waals surface area contributed by atoms with Gasteiger partial charge < -0.3 is 9.64 Å². The Morgan fingerprint density at radius 2 is 1.88 bits per heavy atom. The smallest absolute Gasteiger partial charge is 0.240 e. The van der Waals surface area contributed by atoms with Gasteiger partial charge in [-0.15, -0.1) is 17.9 Å². The van der Waals surface area contributed by atoms with E-state index in [1.807, 2.05) is 32.9 Å². The normalized spacial score (nSPS) is 27.6. The number of thiazole rings is 1. The van der Waals surface area contributed by atoms with Gasteiger partial charge in [0.05, 0.1) is 34.0 Å². The maximum atomic E-state index is 14.4. The molecule has 12 heteroatoms. The molecular formula is C39H48N4O6S2. The summed E-state index contributed by atoms with van der Waals surface area (Å²) in [6.45, 7) is 16.2. The van der Waals surface area contributed by atoms with Gasteiger partial charge in [-0.3, -0.25) is 19.1 Å². The first-order valence-corrected chi connectivity index (χ1v) is 20.6. The first-order chi connectivity index (χ1) is 24.1. The van der Waals surface area contributed by atoms with Gasteiger partial charge in [0.15, 0.2) is 5.78 Å². The zero-order chi connectivity index (χ0) is 36.6. The Labute approximate surface area is 304 Å². The number of Topliss-reactive ketones (excluding diaryl/α,β-unsaturated/α-hetero) is 1. The maximum Gasteiger partial charge on any atom is 0.240 e. The number of benzene rings is 1. The highest BCUT2D eigenvalue weighted by molar-refractivity contribution is 7.90. The number of allylic oxidation sites excluding steroid dienone is 1. The highest BCUT2D eigenvalue weighted by Gasteiger charge is 2.62. The van der Waals surface area contributed by atoms with E-state index >= 15 is 0 Å². The predicted octanol–water partition coefficient (Wildman–Crippen LogP) is 6.64. The van der Waals surface area contributed by atoms with Crippen LogP contribution in [0, 0.1) is 37.0 Å². The van der Waals surface area contributed by atoms with Crippen LogP contribution in [0.5, 0.6) is 5.75 Å². The molecule has 3 aromatic rings. The van der Waals surface area contributed by atoms with Crippen LogP contribution < -0.4 is 9.46 Å². The van der Waals surface area contributed by atoms with Crippen molar-refractivity contribution in [3.05, 3.63) is 53.1 Å². The Balaban J connectivity index is 1.22. The summed E-state index contributed by atoms with van der Waals surface area (Å²) in [6.07, 6.45) is 4.02. The molecule has 272 valence electrons. The van der Waals surface area contributed by atoms with Crippen molar-refractivity contribution >= 4 is 49.9 Å². The second-order valence-corrected chi connectivity index (χ2v) is 18.6. The van der Waals surface area contributed by atoms with Crippen LogP contribution in [-0.2, 0) is 24.4 Å². The SMILES string of the molecule is C=C[C@@H]1CC1(CC(=O)[C@@H]1C[C@@H](Oc2cc(-c3nc(C(C)C)cs3)nc3c(C)c(C)ccc23)[C@H]2CC[C@H](C(C)C)C(=O)N21)C(=O)NS(=O)(=O)C1CC1. The molecule has 51 heavy (non-hydrogen) atoms. The van der Waals surface area contributed by atoms with E-state index in [1.165, 1.54) is 0 Å². The molecule has 0 spiro atoms. The summed E-state index contributed by atoms with van der Waals surface area (Å²) in [4.78, 5) is 53.8. The van der Waals surface area contributed by atoms with Gasteiger partial charge in [-0.25, -0.2) is 18.4 Å². The number of ether oxygens (including phenoxy) is 1. The summed E-state index contributed by atoms with van der Waals surface area (Å²) >= 11 is 1.55. The lowest BCUT2D eigenvalue weighted by Crippen LogP contribution is -2.54. The predicted molar refractivity (Wildman–Crippen MR) is 198 cm³/mol. The van der Waals surface area contributed by atoms with E-state index < -0.39 is 38.7 Å². The number of carbonyl (C=O) groups excluding carboxylic acids is 3.